The first-order valence-electron chi connectivity index (χ1n) is 9.26. The van der Waals surface area contributed by atoms with Gasteiger partial charge in [0.25, 0.3) is 0 Å². The Kier molecular flexibility index (Phi) is 13.5. The fourth-order valence-corrected chi connectivity index (χ4v) is 3.82. The molecule has 0 spiro atoms. The molecular formula is C19H32ClIN4OS. The standard InChI is InChI=1S/C19H31ClN4OS.HI/c1-21-19(22-9-5-6-14-26-2)23-15-18(24-10-12-25-13-11-24)16-7-3-4-8-17(16)20;/h3-4,7-8,18H,5-6,9-15H2,1-2H3,(H2,21,22,23);1H. The van der Waals surface area contributed by atoms with Crippen molar-refractivity contribution in [1.82, 2.24) is 15.5 Å². The van der Waals surface area contributed by atoms with Gasteiger partial charge in [-0.25, -0.2) is 0 Å². The van der Waals surface area contributed by atoms with E-state index in [0.717, 1.165) is 62.4 Å². The first kappa shape index (κ1) is 24.8. The molecule has 1 fully saturated rings. The van der Waals surface area contributed by atoms with Gasteiger partial charge < -0.3 is 15.4 Å². The summed E-state index contributed by atoms with van der Waals surface area (Å²) in [5.74, 6) is 2.05. The molecule has 1 aromatic carbocycles. The zero-order valence-electron chi connectivity index (χ0n) is 16.2. The van der Waals surface area contributed by atoms with E-state index < -0.39 is 0 Å². The van der Waals surface area contributed by atoms with Crippen LogP contribution in [0.1, 0.15) is 24.4 Å². The molecule has 0 aliphatic carbocycles. The quantitative estimate of drug-likeness (QED) is 0.223. The van der Waals surface area contributed by atoms with Crippen LogP contribution in [-0.2, 0) is 4.74 Å². The lowest BCUT2D eigenvalue weighted by atomic mass is 10.0. The van der Waals surface area contributed by atoms with Crippen molar-refractivity contribution in [3.05, 3.63) is 34.9 Å². The first-order chi connectivity index (χ1) is 12.8. The van der Waals surface area contributed by atoms with E-state index in [0.29, 0.717) is 0 Å². The number of guanidine groups is 1. The van der Waals surface area contributed by atoms with Gasteiger partial charge in [-0.15, -0.1) is 24.0 Å². The van der Waals surface area contributed by atoms with Gasteiger partial charge in [-0.2, -0.15) is 11.8 Å². The highest BCUT2D eigenvalue weighted by atomic mass is 127. The maximum absolute atomic E-state index is 6.49. The minimum Gasteiger partial charge on any atom is -0.379 e. The van der Waals surface area contributed by atoms with E-state index in [1.165, 1.54) is 12.2 Å². The lowest BCUT2D eigenvalue weighted by molar-refractivity contribution is 0.0170. The average molecular weight is 527 g/mol. The molecule has 0 saturated carbocycles. The van der Waals surface area contributed by atoms with Crippen molar-refractivity contribution in [2.24, 2.45) is 4.99 Å². The molecule has 0 bridgehead atoms. The zero-order chi connectivity index (χ0) is 18.6. The second-order valence-electron chi connectivity index (χ2n) is 6.27. The molecule has 27 heavy (non-hydrogen) atoms. The van der Waals surface area contributed by atoms with Crippen molar-refractivity contribution in [2.75, 3.05) is 58.4 Å². The number of nitrogens with one attached hydrogen (secondary N) is 2. The van der Waals surface area contributed by atoms with Crippen molar-refractivity contribution in [3.8, 4) is 0 Å². The molecule has 1 unspecified atom stereocenters. The molecule has 1 aromatic rings. The molecule has 2 N–H and O–H groups in total. The normalized spacial score (nSPS) is 16.5. The highest BCUT2D eigenvalue weighted by Gasteiger charge is 2.24. The number of unbranched alkanes of at least 4 members (excludes halogenated alkanes) is 1. The van der Waals surface area contributed by atoms with E-state index in [1.54, 1.807) is 0 Å². The second-order valence-corrected chi connectivity index (χ2v) is 7.66. The minimum absolute atomic E-state index is 0. The number of aliphatic imine (C=N–C) groups is 1. The van der Waals surface area contributed by atoms with Gasteiger partial charge in [0.1, 0.15) is 0 Å². The third kappa shape index (κ3) is 8.77. The Hall–Kier alpha value is -0.220. The van der Waals surface area contributed by atoms with Crippen LogP contribution in [0.5, 0.6) is 0 Å². The number of rotatable bonds is 9. The zero-order valence-corrected chi connectivity index (χ0v) is 20.2. The number of morpholine rings is 1. The van der Waals surface area contributed by atoms with Gasteiger partial charge in [0.15, 0.2) is 5.96 Å². The van der Waals surface area contributed by atoms with E-state index >= 15 is 0 Å². The van der Waals surface area contributed by atoms with E-state index in [1.807, 2.05) is 37.0 Å². The van der Waals surface area contributed by atoms with E-state index in [9.17, 15) is 0 Å². The van der Waals surface area contributed by atoms with Crippen LogP contribution in [0, 0.1) is 0 Å². The van der Waals surface area contributed by atoms with Crippen molar-refractivity contribution in [3.63, 3.8) is 0 Å². The molecule has 1 saturated heterocycles. The van der Waals surface area contributed by atoms with Crippen molar-refractivity contribution >= 4 is 53.3 Å². The van der Waals surface area contributed by atoms with Crippen molar-refractivity contribution in [2.45, 2.75) is 18.9 Å². The molecule has 1 aliphatic rings. The molecule has 0 aromatic heterocycles. The maximum atomic E-state index is 6.49. The molecule has 1 aliphatic heterocycles. The largest absolute Gasteiger partial charge is 0.379 e. The highest BCUT2D eigenvalue weighted by molar-refractivity contribution is 14.0. The summed E-state index contributed by atoms with van der Waals surface area (Å²) in [4.78, 5) is 6.79. The number of halogens is 2. The average Bonchev–Trinajstić information content (AvgIpc) is 2.68. The Morgan fingerprint density at radius 1 is 1.26 bits per heavy atom. The number of thioether (sulfide) groups is 1. The molecule has 8 heteroatoms. The van der Waals surface area contributed by atoms with Gasteiger partial charge >= 0.3 is 0 Å². The summed E-state index contributed by atoms with van der Waals surface area (Å²) in [5, 5.41) is 7.69. The Bertz CT molecular complexity index is 558. The van der Waals surface area contributed by atoms with Crippen LogP contribution in [0.3, 0.4) is 0 Å². The summed E-state index contributed by atoms with van der Waals surface area (Å²) in [5.41, 5.74) is 1.15. The van der Waals surface area contributed by atoms with E-state index in [-0.39, 0.29) is 30.0 Å². The second kappa shape index (κ2) is 14.7. The lowest BCUT2D eigenvalue weighted by Crippen LogP contribution is -2.46. The Morgan fingerprint density at radius 3 is 2.67 bits per heavy atom. The topological polar surface area (TPSA) is 48.9 Å². The smallest absolute Gasteiger partial charge is 0.191 e. The summed E-state index contributed by atoms with van der Waals surface area (Å²) >= 11 is 8.38. The van der Waals surface area contributed by atoms with E-state index in [2.05, 4.69) is 32.8 Å². The van der Waals surface area contributed by atoms with Gasteiger partial charge in [-0.1, -0.05) is 29.8 Å². The molecule has 0 radical (unpaired) electrons. The monoisotopic (exact) mass is 526 g/mol. The van der Waals surface area contributed by atoms with Gasteiger partial charge in [0.05, 0.1) is 19.3 Å². The van der Waals surface area contributed by atoms with Gasteiger partial charge in [0, 0.05) is 38.2 Å². The number of benzene rings is 1. The Labute approximate surface area is 190 Å². The van der Waals surface area contributed by atoms with Gasteiger partial charge in [-0.3, -0.25) is 9.89 Å². The molecule has 1 atom stereocenters. The lowest BCUT2D eigenvalue weighted by Gasteiger charge is -2.35. The van der Waals surface area contributed by atoms with Crippen molar-refractivity contribution < 1.29 is 4.74 Å². The van der Waals surface area contributed by atoms with Crippen LogP contribution in [0.15, 0.2) is 29.3 Å². The van der Waals surface area contributed by atoms with Crippen LogP contribution in [0.25, 0.3) is 0 Å². The molecule has 2 rings (SSSR count). The Morgan fingerprint density at radius 2 is 2.00 bits per heavy atom. The predicted octanol–water partition coefficient (Wildman–Crippen LogP) is 3.64. The Balaban J connectivity index is 0.00000364. The third-order valence-corrected chi connectivity index (χ3v) is 5.55. The molecule has 0 amide bonds. The fourth-order valence-electron chi connectivity index (χ4n) is 3.06. The number of hydrogen-bond donors (Lipinski definition) is 2. The number of hydrogen-bond acceptors (Lipinski definition) is 4. The molecule has 154 valence electrons. The highest BCUT2D eigenvalue weighted by Crippen LogP contribution is 2.27. The predicted molar refractivity (Wildman–Crippen MR) is 129 cm³/mol. The van der Waals surface area contributed by atoms with Crippen LogP contribution < -0.4 is 10.6 Å². The van der Waals surface area contributed by atoms with Crippen LogP contribution in [0.2, 0.25) is 5.02 Å². The van der Waals surface area contributed by atoms with E-state index in [4.69, 9.17) is 16.3 Å². The first-order valence-corrected chi connectivity index (χ1v) is 11.0. The van der Waals surface area contributed by atoms with Crippen LogP contribution in [-0.4, -0.2) is 69.3 Å². The van der Waals surface area contributed by atoms with Crippen molar-refractivity contribution in [1.29, 1.82) is 0 Å². The van der Waals surface area contributed by atoms with Crippen LogP contribution >= 0.6 is 47.3 Å². The van der Waals surface area contributed by atoms with Gasteiger partial charge in [-0.05, 0) is 36.5 Å². The summed E-state index contributed by atoms with van der Waals surface area (Å²) in [6, 6.07) is 8.30. The van der Waals surface area contributed by atoms with Gasteiger partial charge in [0.2, 0.25) is 0 Å². The molecule has 5 nitrogen and oxygen atoms in total. The summed E-state index contributed by atoms with van der Waals surface area (Å²) in [7, 11) is 1.82. The minimum atomic E-state index is 0. The summed E-state index contributed by atoms with van der Waals surface area (Å²) in [6.45, 7) is 5.06. The third-order valence-electron chi connectivity index (χ3n) is 4.50. The van der Waals surface area contributed by atoms with Crippen LogP contribution in [0.4, 0.5) is 0 Å². The maximum Gasteiger partial charge on any atom is 0.191 e. The summed E-state index contributed by atoms with van der Waals surface area (Å²) in [6.07, 6.45) is 4.52. The molecule has 1 heterocycles. The summed E-state index contributed by atoms with van der Waals surface area (Å²) < 4.78 is 5.52. The fraction of sp³-hybridized carbons (Fsp3) is 0.632. The molecular weight excluding hydrogens is 495 g/mol. The SMILES string of the molecule is CN=C(NCCCCSC)NCC(c1ccccc1Cl)N1CCOCC1.I. The number of ether oxygens (including phenoxy) is 1. The number of nitrogens with zero attached hydrogens (tertiary/aromatic N) is 2.